The third-order valence-corrected chi connectivity index (χ3v) is 7.54. The van der Waals surface area contributed by atoms with Crippen LogP contribution in [-0.2, 0) is 20.2 Å². The second kappa shape index (κ2) is 8.63. The Morgan fingerprint density at radius 3 is 2.56 bits per heavy atom. The summed E-state index contributed by atoms with van der Waals surface area (Å²) in [6.45, 7) is 1.31. The maximum Gasteiger partial charge on any atom is 0.265 e. The molecule has 1 heterocycles. The molecule has 0 bridgehead atoms. The first-order chi connectivity index (χ1) is 15.3. The van der Waals surface area contributed by atoms with Crippen LogP contribution in [0, 0.1) is 0 Å². The van der Waals surface area contributed by atoms with E-state index in [9.17, 15) is 13.2 Å². The summed E-state index contributed by atoms with van der Waals surface area (Å²) in [5.74, 6) is 0.700. The molecule has 1 aliphatic heterocycles. The summed E-state index contributed by atoms with van der Waals surface area (Å²) in [4.78, 5) is 14.9. The van der Waals surface area contributed by atoms with Crippen molar-refractivity contribution < 1.29 is 22.7 Å². The number of anilines is 2. The number of fused-ring (bicyclic) bond motifs is 2. The fraction of sp³-hybridized carbons (Fsp3) is 0.435. The van der Waals surface area contributed by atoms with Gasteiger partial charge in [0.25, 0.3) is 10.0 Å². The number of nitrogens with zero attached hydrogens (tertiary/aromatic N) is 1. The lowest BCUT2D eigenvalue weighted by Gasteiger charge is -2.36. The Morgan fingerprint density at radius 1 is 1.16 bits per heavy atom. The second-order valence-corrected chi connectivity index (χ2v) is 10.2. The largest absolute Gasteiger partial charge is 0.495 e. The van der Waals surface area contributed by atoms with Crippen LogP contribution in [0.15, 0.2) is 41.3 Å². The van der Waals surface area contributed by atoms with Gasteiger partial charge in [-0.1, -0.05) is 18.6 Å². The number of ether oxygens (including phenoxy) is 2. The van der Waals surface area contributed by atoms with Crippen LogP contribution in [0.1, 0.15) is 31.2 Å². The van der Waals surface area contributed by atoms with Gasteiger partial charge in [0, 0.05) is 12.6 Å². The summed E-state index contributed by atoms with van der Waals surface area (Å²) < 4.78 is 40.1. The zero-order valence-corrected chi connectivity index (χ0v) is 19.4. The van der Waals surface area contributed by atoms with Gasteiger partial charge >= 0.3 is 0 Å². The average molecular weight is 460 g/mol. The van der Waals surface area contributed by atoms with Gasteiger partial charge in [-0.25, -0.2) is 8.42 Å². The summed E-state index contributed by atoms with van der Waals surface area (Å²) in [6, 6.07) is 9.84. The molecule has 1 spiro atoms. The van der Waals surface area contributed by atoms with Gasteiger partial charge in [0.05, 0.1) is 30.5 Å². The molecule has 4 rings (SSSR count). The molecule has 2 aliphatic rings. The minimum Gasteiger partial charge on any atom is -0.495 e. The van der Waals surface area contributed by atoms with E-state index in [-0.39, 0.29) is 16.6 Å². The fourth-order valence-corrected chi connectivity index (χ4v) is 5.50. The van der Waals surface area contributed by atoms with Crippen molar-refractivity contribution >= 4 is 27.3 Å². The van der Waals surface area contributed by atoms with Crippen molar-refractivity contribution in [2.45, 2.75) is 36.0 Å². The number of rotatable bonds is 9. The summed E-state index contributed by atoms with van der Waals surface area (Å²) in [7, 11) is 1.51. The van der Waals surface area contributed by atoms with Crippen molar-refractivity contribution in [3.8, 4) is 11.5 Å². The normalized spacial score (nSPS) is 16.4. The highest BCUT2D eigenvalue weighted by Gasteiger charge is 2.52. The van der Waals surface area contributed by atoms with Crippen molar-refractivity contribution in [1.82, 2.24) is 4.90 Å². The van der Waals surface area contributed by atoms with Crippen LogP contribution >= 0.6 is 0 Å². The highest BCUT2D eigenvalue weighted by molar-refractivity contribution is 7.92. The van der Waals surface area contributed by atoms with Crippen molar-refractivity contribution in [1.29, 1.82) is 0 Å². The number of para-hydroxylation sites is 1. The first-order valence-corrected chi connectivity index (χ1v) is 12.2. The Labute approximate surface area is 189 Å². The van der Waals surface area contributed by atoms with E-state index in [0.29, 0.717) is 23.7 Å². The van der Waals surface area contributed by atoms with E-state index in [1.54, 1.807) is 30.3 Å². The lowest BCUT2D eigenvalue weighted by atomic mass is 9.65. The zero-order valence-electron chi connectivity index (χ0n) is 18.6. The molecule has 1 aliphatic carbocycles. The lowest BCUT2D eigenvalue weighted by molar-refractivity contribution is -0.123. The number of benzene rings is 2. The molecule has 1 fully saturated rings. The zero-order chi connectivity index (χ0) is 22.9. The fourth-order valence-electron chi connectivity index (χ4n) is 4.29. The molecule has 0 unspecified atom stereocenters. The number of carbonyl (C=O) groups excluding carboxylic acids is 1. The molecule has 9 heteroatoms. The van der Waals surface area contributed by atoms with E-state index in [4.69, 9.17) is 9.47 Å². The molecular formula is C23H29N3O5S. The molecule has 1 amide bonds. The standard InChI is InChI=1S/C23H29N3O5S/c1-26(2)12-7-13-31-19-15-16(14-17-21(19)24-22(27)23(17)10-6-11-23)25-32(28,29)20-9-5-4-8-18(20)30-3/h4-5,8-9,14-15,25H,6-7,10-13H2,1-3H3,(H,24,27). The van der Waals surface area contributed by atoms with Crippen LogP contribution in [0.4, 0.5) is 11.4 Å². The first-order valence-electron chi connectivity index (χ1n) is 10.7. The van der Waals surface area contributed by atoms with Crippen LogP contribution in [0.25, 0.3) is 0 Å². The van der Waals surface area contributed by atoms with Gasteiger partial charge in [-0.05, 0) is 57.1 Å². The summed E-state index contributed by atoms with van der Waals surface area (Å²) in [5, 5.41) is 2.98. The Balaban J connectivity index is 1.68. The molecule has 0 atom stereocenters. The second-order valence-electron chi connectivity index (χ2n) is 8.55. The number of amides is 1. The third-order valence-electron chi connectivity index (χ3n) is 6.12. The molecule has 32 heavy (non-hydrogen) atoms. The summed E-state index contributed by atoms with van der Waals surface area (Å²) >= 11 is 0. The van der Waals surface area contributed by atoms with Gasteiger partial charge in [0.15, 0.2) is 0 Å². The molecule has 0 saturated heterocycles. The average Bonchev–Trinajstić information content (AvgIpc) is 3.02. The Morgan fingerprint density at radius 2 is 1.91 bits per heavy atom. The van der Waals surface area contributed by atoms with Crippen LogP contribution in [0.2, 0.25) is 0 Å². The highest BCUT2D eigenvalue weighted by Crippen LogP contribution is 2.54. The predicted molar refractivity (Wildman–Crippen MR) is 123 cm³/mol. The molecule has 2 N–H and O–H groups in total. The van der Waals surface area contributed by atoms with Gasteiger partial charge in [-0.2, -0.15) is 0 Å². The summed E-state index contributed by atoms with van der Waals surface area (Å²) in [6.07, 6.45) is 3.25. The van der Waals surface area contributed by atoms with Crippen molar-refractivity contribution in [3.05, 3.63) is 42.0 Å². The Kier molecular flexibility index (Phi) is 6.05. The van der Waals surface area contributed by atoms with Gasteiger partial charge in [0.2, 0.25) is 5.91 Å². The van der Waals surface area contributed by atoms with Crippen LogP contribution < -0.4 is 19.5 Å². The molecule has 8 nitrogen and oxygen atoms in total. The topological polar surface area (TPSA) is 97.0 Å². The van der Waals surface area contributed by atoms with Crippen molar-refractivity contribution in [3.63, 3.8) is 0 Å². The number of methoxy groups -OCH3 is 1. The monoisotopic (exact) mass is 459 g/mol. The van der Waals surface area contributed by atoms with E-state index < -0.39 is 15.4 Å². The van der Waals surface area contributed by atoms with Crippen LogP contribution in [-0.4, -0.2) is 53.6 Å². The van der Waals surface area contributed by atoms with Gasteiger partial charge in [-0.15, -0.1) is 0 Å². The SMILES string of the molecule is COc1ccccc1S(=O)(=O)Nc1cc(OCCCN(C)C)c2c(c1)C1(CCC1)C(=O)N2. The highest BCUT2D eigenvalue weighted by atomic mass is 32.2. The van der Waals surface area contributed by atoms with Crippen molar-refractivity contribution in [2.75, 3.05) is 44.4 Å². The van der Waals surface area contributed by atoms with E-state index in [2.05, 4.69) is 14.9 Å². The Bertz CT molecular complexity index is 1130. The maximum atomic E-state index is 13.1. The molecule has 1 saturated carbocycles. The van der Waals surface area contributed by atoms with Gasteiger partial charge in [-0.3, -0.25) is 9.52 Å². The van der Waals surface area contributed by atoms with Gasteiger partial charge < -0.3 is 19.7 Å². The molecule has 2 aromatic rings. The number of hydrogen-bond donors (Lipinski definition) is 2. The smallest absolute Gasteiger partial charge is 0.265 e. The van der Waals surface area contributed by atoms with E-state index >= 15 is 0 Å². The van der Waals surface area contributed by atoms with Crippen LogP contribution in [0.3, 0.4) is 0 Å². The maximum absolute atomic E-state index is 13.1. The molecule has 0 radical (unpaired) electrons. The quantitative estimate of drug-likeness (QED) is 0.559. The molecule has 0 aromatic heterocycles. The first kappa shape index (κ1) is 22.4. The molecule has 172 valence electrons. The number of nitrogens with one attached hydrogen (secondary N) is 2. The van der Waals surface area contributed by atoms with E-state index in [0.717, 1.165) is 37.8 Å². The lowest BCUT2D eigenvalue weighted by Crippen LogP contribution is -2.40. The van der Waals surface area contributed by atoms with Gasteiger partial charge in [0.1, 0.15) is 16.4 Å². The van der Waals surface area contributed by atoms with E-state index in [1.165, 1.54) is 13.2 Å². The number of sulfonamides is 1. The summed E-state index contributed by atoms with van der Waals surface area (Å²) in [5.41, 5.74) is 1.22. The minimum absolute atomic E-state index is 0.0402. The number of carbonyl (C=O) groups is 1. The molecular weight excluding hydrogens is 430 g/mol. The van der Waals surface area contributed by atoms with Crippen molar-refractivity contribution in [2.24, 2.45) is 0 Å². The number of hydrogen-bond acceptors (Lipinski definition) is 6. The predicted octanol–water partition coefficient (Wildman–Crippen LogP) is 3.20. The molecule has 2 aromatic carbocycles. The van der Waals surface area contributed by atoms with Crippen LogP contribution in [0.5, 0.6) is 11.5 Å². The third kappa shape index (κ3) is 4.02. The minimum atomic E-state index is -3.91. The van der Waals surface area contributed by atoms with E-state index in [1.807, 2.05) is 14.1 Å². The Hall–Kier alpha value is -2.78.